The van der Waals surface area contributed by atoms with E-state index >= 15 is 0 Å². The molecule has 2 rings (SSSR count). The van der Waals surface area contributed by atoms with E-state index in [1.165, 1.54) is 4.88 Å². The molecule has 24 heavy (non-hydrogen) atoms. The molecule has 134 valence electrons. The second-order valence-corrected chi connectivity index (χ2v) is 7.07. The summed E-state index contributed by atoms with van der Waals surface area (Å²) >= 11 is 1.71. The third-order valence-corrected chi connectivity index (χ3v) is 5.14. The van der Waals surface area contributed by atoms with Gasteiger partial charge in [-0.2, -0.15) is 0 Å². The monoisotopic (exact) mass is 353 g/mol. The van der Waals surface area contributed by atoms with Gasteiger partial charge in [0.25, 0.3) is 0 Å². The molecule has 0 radical (unpaired) electrons. The molecule has 0 saturated carbocycles. The van der Waals surface area contributed by atoms with Gasteiger partial charge in [-0.15, -0.1) is 11.3 Å². The Labute approximate surface area is 147 Å². The van der Waals surface area contributed by atoms with Crippen molar-refractivity contribution in [3.8, 4) is 0 Å². The molecule has 0 spiro atoms. The number of amides is 1. The van der Waals surface area contributed by atoms with Crippen molar-refractivity contribution in [1.82, 2.24) is 20.5 Å². The van der Waals surface area contributed by atoms with Crippen molar-refractivity contribution in [3.05, 3.63) is 15.6 Å². The van der Waals surface area contributed by atoms with Crippen LogP contribution in [0.1, 0.15) is 35.3 Å². The van der Waals surface area contributed by atoms with Gasteiger partial charge in [-0.1, -0.05) is 0 Å². The number of aliphatic imine (C=N–C) groups is 1. The van der Waals surface area contributed by atoms with Crippen molar-refractivity contribution in [2.75, 3.05) is 26.7 Å². The van der Waals surface area contributed by atoms with Crippen LogP contribution in [-0.4, -0.2) is 54.7 Å². The number of likely N-dealkylation sites (tertiary alicyclic amines) is 1. The van der Waals surface area contributed by atoms with E-state index in [1.807, 2.05) is 13.8 Å². The number of carbonyl (C=O) groups is 1. The van der Waals surface area contributed by atoms with Crippen LogP contribution in [0.15, 0.2) is 4.99 Å². The number of hydrogen-bond donors (Lipinski definition) is 2. The number of nitrogens with zero attached hydrogens (tertiary/aromatic N) is 3. The summed E-state index contributed by atoms with van der Waals surface area (Å²) < 4.78 is 5.04. The highest BCUT2D eigenvalue weighted by Gasteiger charge is 2.24. The summed E-state index contributed by atoms with van der Waals surface area (Å²) in [4.78, 5) is 23.5. The van der Waals surface area contributed by atoms with Crippen LogP contribution in [0.4, 0.5) is 4.79 Å². The Bertz CT molecular complexity index is 560. The van der Waals surface area contributed by atoms with Crippen LogP contribution in [0, 0.1) is 13.8 Å². The van der Waals surface area contributed by atoms with Crippen LogP contribution < -0.4 is 10.6 Å². The maximum Gasteiger partial charge on any atom is 0.409 e. The molecule has 1 fully saturated rings. The summed E-state index contributed by atoms with van der Waals surface area (Å²) in [6.45, 7) is 8.44. The normalized spacial score (nSPS) is 16.2. The summed E-state index contributed by atoms with van der Waals surface area (Å²) in [6.07, 6.45) is 1.55. The number of aromatic nitrogens is 1. The highest BCUT2D eigenvalue weighted by molar-refractivity contribution is 7.11. The fourth-order valence-corrected chi connectivity index (χ4v) is 3.46. The average Bonchev–Trinajstić information content (AvgIpc) is 2.90. The number of thiazole rings is 1. The Morgan fingerprint density at radius 1 is 1.42 bits per heavy atom. The molecular weight excluding hydrogens is 326 g/mol. The van der Waals surface area contributed by atoms with E-state index in [2.05, 4.69) is 27.5 Å². The first kappa shape index (κ1) is 18.5. The number of rotatable bonds is 4. The molecule has 0 aromatic carbocycles. The zero-order valence-electron chi connectivity index (χ0n) is 14.9. The molecule has 1 aliphatic rings. The molecule has 0 aliphatic carbocycles. The molecule has 7 nitrogen and oxygen atoms in total. The quantitative estimate of drug-likeness (QED) is 0.640. The molecule has 1 amide bonds. The van der Waals surface area contributed by atoms with Crippen molar-refractivity contribution in [2.24, 2.45) is 4.99 Å². The first-order valence-corrected chi connectivity index (χ1v) is 9.17. The lowest BCUT2D eigenvalue weighted by Crippen LogP contribution is -2.49. The van der Waals surface area contributed by atoms with Crippen molar-refractivity contribution < 1.29 is 9.53 Å². The number of piperidine rings is 1. The maximum absolute atomic E-state index is 11.7. The van der Waals surface area contributed by atoms with Crippen molar-refractivity contribution in [2.45, 2.75) is 46.2 Å². The molecule has 8 heteroatoms. The SMILES string of the molecule is CCOC(=O)N1CCC(NC(=NC)NCc2nc(C)c(C)s2)CC1. The van der Waals surface area contributed by atoms with Gasteiger partial charge < -0.3 is 20.3 Å². The third-order valence-electron chi connectivity index (χ3n) is 4.07. The van der Waals surface area contributed by atoms with E-state index in [-0.39, 0.29) is 6.09 Å². The standard InChI is InChI=1S/C16H27N5O2S/c1-5-23-16(22)21-8-6-13(7-9-21)20-15(17-4)18-10-14-19-11(2)12(3)24-14/h13H,5-10H2,1-4H3,(H2,17,18,20). The summed E-state index contributed by atoms with van der Waals surface area (Å²) in [7, 11) is 1.77. The van der Waals surface area contributed by atoms with Gasteiger partial charge in [0.05, 0.1) is 18.8 Å². The minimum Gasteiger partial charge on any atom is -0.450 e. The van der Waals surface area contributed by atoms with E-state index < -0.39 is 0 Å². The number of nitrogens with one attached hydrogen (secondary N) is 2. The van der Waals surface area contributed by atoms with Crippen LogP contribution >= 0.6 is 11.3 Å². The van der Waals surface area contributed by atoms with E-state index in [0.717, 1.165) is 29.5 Å². The summed E-state index contributed by atoms with van der Waals surface area (Å²) in [5.74, 6) is 0.773. The Kier molecular flexibility index (Phi) is 6.84. The highest BCUT2D eigenvalue weighted by atomic mass is 32.1. The van der Waals surface area contributed by atoms with Gasteiger partial charge in [0.2, 0.25) is 0 Å². The summed E-state index contributed by atoms with van der Waals surface area (Å²) in [5.41, 5.74) is 1.09. The second-order valence-electron chi connectivity index (χ2n) is 5.78. The van der Waals surface area contributed by atoms with Gasteiger partial charge in [-0.25, -0.2) is 9.78 Å². The van der Waals surface area contributed by atoms with Gasteiger partial charge >= 0.3 is 6.09 Å². The first-order valence-electron chi connectivity index (χ1n) is 8.35. The lowest BCUT2D eigenvalue weighted by Gasteiger charge is -2.32. The zero-order valence-corrected chi connectivity index (χ0v) is 15.7. The fourth-order valence-electron chi connectivity index (χ4n) is 2.58. The third kappa shape index (κ3) is 5.09. The lowest BCUT2D eigenvalue weighted by atomic mass is 10.1. The van der Waals surface area contributed by atoms with Crippen LogP contribution in [0.3, 0.4) is 0 Å². The van der Waals surface area contributed by atoms with Gasteiger partial charge in [0, 0.05) is 31.1 Å². The number of carbonyl (C=O) groups excluding carboxylic acids is 1. The Morgan fingerprint density at radius 3 is 2.67 bits per heavy atom. The highest BCUT2D eigenvalue weighted by Crippen LogP contribution is 2.16. The smallest absolute Gasteiger partial charge is 0.409 e. The predicted molar refractivity (Wildman–Crippen MR) is 96.5 cm³/mol. The van der Waals surface area contributed by atoms with Gasteiger partial charge in [-0.05, 0) is 33.6 Å². The second kappa shape index (κ2) is 8.86. The number of guanidine groups is 1. The maximum atomic E-state index is 11.7. The Morgan fingerprint density at radius 2 is 2.12 bits per heavy atom. The van der Waals surface area contributed by atoms with E-state index in [9.17, 15) is 4.79 Å². The molecule has 1 aromatic heterocycles. The molecule has 0 bridgehead atoms. The van der Waals surface area contributed by atoms with E-state index in [4.69, 9.17) is 4.74 Å². The van der Waals surface area contributed by atoms with Gasteiger partial charge in [0.15, 0.2) is 5.96 Å². The number of ether oxygens (including phenoxy) is 1. The van der Waals surface area contributed by atoms with Crippen LogP contribution in [0.5, 0.6) is 0 Å². The van der Waals surface area contributed by atoms with E-state index in [1.54, 1.807) is 23.3 Å². The molecule has 0 unspecified atom stereocenters. The summed E-state index contributed by atoms with van der Waals surface area (Å²) in [6, 6.07) is 0.307. The van der Waals surface area contributed by atoms with Gasteiger partial charge in [0.1, 0.15) is 5.01 Å². The summed E-state index contributed by atoms with van der Waals surface area (Å²) in [5, 5.41) is 7.80. The molecule has 0 atom stereocenters. The Hall–Kier alpha value is -1.83. The fraction of sp³-hybridized carbons (Fsp3) is 0.688. The van der Waals surface area contributed by atoms with Gasteiger partial charge in [-0.3, -0.25) is 4.99 Å². The van der Waals surface area contributed by atoms with E-state index in [0.29, 0.717) is 32.3 Å². The molecule has 2 N–H and O–H groups in total. The van der Waals surface area contributed by atoms with Crippen LogP contribution in [0.25, 0.3) is 0 Å². The molecule has 1 saturated heterocycles. The topological polar surface area (TPSA) is 78.8 Å². The van der Waals surface area contributed by atoms with Crippen LogP contribution in [0.2, 0.25) is 0 Å². The molecule has 1 aliphatic heterocycles. The van der Waals surface area contributed by atoms with Crippen molar-refractivity contribution in [1.29, 1.82) is 0 Å². The Balaban J connectivity index is 1.76. The number of hydrogen-bond acceptors (Lipinski definition) is 5. The predicted octanol–water partition coefficient (Wildman–Crippen LogP) is 2.05. The minimum atomic E-state index is -0.215. The average molecular weight is 353 g/mol. The molecule has 1 aromatic rings. The molecule has 2 heterocycles. The van der Waals surface area contributed by atoms with Crippen molar-refractivity contribution in [3.63, 3.8) is 0 Å². The minimum absolute atomic E-state index is 0.215. The van der Waals surface area contributed by atoms with Crippen molar-refractivity contribution >= 4 is 23.4 Å². The zero-order chi connectivity index (χ0) is 17.5. The first-order chi connectivity index (χ1) is 11.5. The number of aryl methyl sites for hydroxylation is 2. The van der Waals surface area contributed by atoms with Crippen LogP contribution in [-0.2, 0) is 11.3 Å². The largest absolute Gasteiger partial charge is 0.450 e. The molecular formula is C16H27N5O2S. The lowest BCUT2D eigenvalue weighted by molar-refractivity contribution is 0.0963.